The zero-order valence-electron chi connectivity index (χ0n) is 26.3. The van der Waals surface area contributed by atoms with Crippen molar-refractivity contribution >= 4 is 38.9 Å². The minimum absolute atomic E-state index is 0.104. The molecule has 0 aliphatic heterocycles. The van der Waals surface area contributed by atoms with E-state index in [0.717, 1.165) is 44.5 Å². The van der Waals surface area contributed by atoms with Gasteiger partial charge in [-0.05, 0) is 81.7 Å². The highest BCUT2D eigenvalue weighted by Crippen LogP contribution is 2.51. The third-order valence-corrected chi connectivity index (χ3v) is 9.71. The largest absolute Gasteiger partial charge is 0.436 e. The Morgan fingerprint density at radius 1 is 0.532 bits per heavy atom. The Morgan fingerprint density at radius 3 is 2.06 bits per heavy atom. The molecule has 3 heteroatoms. The zero-order valence-corrected chi connectivity index (χ0v) is 26.3. The number of benzene rings is 7. The fourth-order valence-corrected chi connectivity index (χ4v) is 7.33. The summed E-state index contributed by atoms with van der Waals surface area (Å²) in [6.45, 7) is 4.67. The first-order valence-corrected chi connectivity index (χ1v) is 16.1. The number of fused-ring (bicyclic) bond motifs is 6. The van der Waals surface area contributed by atoms with Gasteiger partial charge in [0.1, 0.15) is 5.52 Å². The molecule has 9 rings (SSSR count). The second-order valence-corrected chi connectivity index (χ2v) is 12.8. The fraction of sp³-hybridized carbons (Fsp3) is 0.0682. The average molecular weight is 605 g/mol. The Morgan fingerprint density at radius 2 is 1.21 bits per heavy atom. The summed E-state index contributed by atoms with van der Waals surface area (Å²) in [5, 5.41) is 2.26. The molecule has 0 radical (unpaired) electrons. The van der Waals surface area contributed by atoms with Crippen LogP contribution >= 0.6 is 0 Å². The van der Waals surface area contributed by atoms with E-state index in [1.54, 1.807) is 0 Å². The highest BCUT2D eigenvalue weighted by molar-refractivity contribution is 6.04. The molecule has 224 valence electrons. The van der Waals surface area contributed by atoms with Gasteiger partial charge in [0.15, 0.2) is 5.58 Å². The average Bonchev–Trinajstić information content (AvgIpc) is 3.67. The Hall–Kier alpha value is -5.93. The van der Waals surface area contributed by atoms with Crippen LogP contribution in [0.3, 0.4) is 0 Å². The zero-order chi connectivity index (χ0) is 31.5. The van der Waals surface area contributed by atoms with Crippen LogP contribution in [-0.2, 0) is 5.41 Å². The molecule has 0 saturated heterocycles. The number of anilines is 3. The van der Waals surface area contributed by atoms with Crippen LogP contribution in [0.4, 0.5) is 17.1 Å². The normalized spacial score (nSPS) is 13.1. The molecule has 1 aliphatic carbocycles. The predicted molar refractivity (Wildman–Crippen MR) is 195 cm³/mol. The fourth-order valence-electron chi connectivity index (χ4n) is 7.33. The molecule has 0 saturated carbocycles. The monoisotopic (exact) mass is 604 g/mol. The number of oxazole rings is 1. The van der Waals surface area contributed by atoms with Crippen molar-refractivity contribution in [3.63, 3.8) is 0 Å². The van der Waals surface area contributed by atoms with Crippen molar-refractivity contribution in [1.29, 1.82) is 0 Å². The van der Waals surface area contributed by atoms with Gasteiger partial charge in [0.25, 0.3) is 0 Å². The third-order valence-electron chi connectivity index (χ3n) is 9.71. The van der Waals surface area contributed by atoms with E-state index >= 15 is 0 Å². The van der Waals surface area contributed by atoms with Crippen molar-refractivity contribution < 1.29 is 4.42 Å². The standard InChI is InChI=1S/C44H32N2O/c1-44(2)38-18-10-8-17-36(38)37-26-25-33(28-39(37)44)46(40-19-11-9-15-34(40)29-12-4-3-5-13-29)32-23-20-31(21-24-32)43-45-42-35-16-7-6-14-30(35)22-27-41(42)47-43/h3-28H,1-2H3. The number of rotatable bonds is 5. The lowest BCUT2D eigenvalue weighted by molar-refractivity contribution is 0.620. The molecule has 47 heavy (non-hydrogen) atoms. The molecule has 0 fully saturated rings. The van der Waals surface area contributed by atoms with Crippen LogP contribution in [0, 0.1) is 0 Å². The second-order valence-electron chi connectivity index (χ2n) is 12.8. The summed E-state index contributed by atoms with van der Waals surface area (Å²) in [6, 6.07) is 56.1. The van der Waals surface area contributed by atoms with E-state index in [0.29, 0.717) is 5.89 Å². The lowest BCUT2D eigenvalue weighted by atomic mass is 9.82. The molecule has 3 nitrogen and oxygen atoms in total. The van der Waals surface area contributed by atoms with Crippen LogP contribution in [0.15, 0.2) is 162 Å². The van der Waals surface area contributed by atoms with Gasteiger partial charge in [0.05, 0.1) is 5.69 Å². The minimum Gasteiger partial charge on any atom is -0.436 e. The molecule has 0 atom stereocenters. The predicted octanol–water partition coefficient (Wildman–Crippen LogP) is 12.1. The van der Waals surface area contributed by atoms with E-state index in [1.807, 2.05) is 12.1 Å². The molecule has 0 N–H and O–H groups in total. The van der Waals surface area contributed by atoms with E-state index in [2.05, 4.69) is 164 Å². The summed E-state index contributed by atoms with van der Waals surface area (Å²) in [4.78, 5) is 7.33. The van der Waals surface area contributed by atoms with E-state index in [9.17, 15) is 0 Å². The Labute approximate surface area is 274 Å². The van der Waals surface area contributed by atoms with Gasteiger partial charge in [-0.15, -0.1) is 0 Å². The molecule has 0 spiro atoms. The van der Waals surface area contributed by atoms with Crippen molar-refractivity contribution in [2.75, 3.05) is 4.90 Å². The number of hydrogen-bond acceptors (Lipinski definition) is 3. The molecule has 0 unspecified atom stereocenters. The van der Waals surface area contributed by atoms with Crippen molar-refractivity contribution in [3.05, 3.63) is 169 Å². The Balaban J connectivity index is 1.19. The van der Waals surface area contributed by atoms with Crippen molar-refractivity contribution in [3.8, 4) is 33.7 Å². The first kappa shape index (κ1) is 27.4. The molecular weight excluding hydrogens is 572 g/mol. The molecule has 0 bridgehead atoms. The SMILES string of the molecule is CC1(C)c2ccccc2-c2ccc(N(c3ccc(-c4nc5c(ccc6ccccc65)o4)cc3)c3ccccc3-c3ccccc3)cc21. The molecule has 1 aromatic heterocycles. The van der Waals surface area contributed by atoms with E-state index in [1.165, 1.54) is 33.4 Å². The Bertz CT molecular complexity index is 2440. The molecule has 1 aliphatic rings. The third kappa shape index (κ3) is 4.39. The van der Waals surface area contributed by atoms with E-state index in [4.69, 9.17) is 9.40 Å². The summed E-state index contributed by atoms with van der Waals surface area (Å²) in [7, 11) is 0. The summed E-state index contributed by atoms with van der Waals surface area (Å²) < 4.78 is 6.29. The Kier molecular flexibility index (Phi) is 6.16. The number of hydrogen-bond donors (Lipinski definition) is 0. The van der Waals surface area contributed by atoms with Crippen LogP contribution in [0.25, 0.3) is 55.6 Å². The molecule has 7 aromatic carbocycles. The van der Waals surface area contributed by atoms with Gasteiger partial charge < -0.3 is 9.32 Å². The number of aromatic nitrogens is 1. The molecule has 0 amide bonds. The minimum atomic E-state index is -0.104. The summed E-state index contributed by atoms with van der Waals surface area (Å²) in [5.74, 6) is 0.621. The van der Waals surface area contributed by atoms with Gasteiger partial charge in [0, 0.05) is 33.3 Å². The second kappa shape index (κ2) is 10.6. The number of nitrogens with zero attached hydrogens (tertiary/aromatic N) is 2. The lowest BCUT2D eigenvalue weighted by Crippen LogP contribution is -2.16. The van der Waals surface area contributed by atoms with Gasteiger partial charge in [0.2, 0.25) is 5.89 Å². The first-order valence-electron chi connectivity index (χ1n) is 16.1. The van der Waals surface area contributed by atoms with Crippen LogP contribution in [0.5, 0.6) is 0 Å². The molecule has 8 aromatic rings. The maximum absolute atomic E-state index is 6.29. The molecule has 1 heterocycles. The smallest absolute Gasteiger partial charge is 0.227 e. The van der Waals surface area contributed by atoms with Crippen LogP contribution in [-0.4, -0.2) is 4.98 Å². The van der Waals surface area contributed by atoms with E-state index < -0.39 is 0 Å². The van der Waals surface area contributed by atoms with Gasteiger partial charge in [-0.3, -0.25) is 0 Å². The van der Waals surface area contributed by atoms with Crippen LogP contribution in [0.1, 0.15) is 25.0 Å². The topological polar surface area (TPSA) is 29.3 Å². The van der Waals surface area contributed by atoms with Gasteiger partial charge >= 0.3 is 0 Å². The van der Waals surface area contributed by atoms with Gasteiger partial charge in [-0.25, -0.2) is 4.98 Å². The molecular formula is C44H32N2O. The van der Waals surface area contributed by atoms with Crippen LogP contribution in [0.2, 0.25) is 0 Å². The number of para-hydroxylation sites is 1. The summed E-state index contributed by atoms with van der Waals surface area (Å²) >= 11 is 0. The van der Waals surface area contributed by atoms with Crippen LogP contribution < -0.4 is 4.90 Å². The van der Waals surface area contributed by atoms with Gasteiger partial charge in [-0.1, -0.05) is 123 Å². The highest BCUT2D eigenvalue weighted by Gasteiger charge is 2.35. The maximum Gasteiger partial charge on any atom is 0.227 e. The van der Waals surface area contributed by atoms with Crippen molar-refractivity contribution in [2.45, 2.75) is 19.3 Å². The maximum atomic E-state index is 6.29. The summed E-state index contributed by atoms with van der Waals surface area (Å²) in [5.41, 5.74) is 13.5. The summed E-state index contributed by atoms with van der Waals surface area (Å²) in [6.07, 6.45) is 0. The first-order chi connectivity index (χ1) is 23.1. The highest BCUT2D eigenvalue weighted by atomic mass is 16.3. The quantitative estimate of drug-likeness (QED) is 0.196. The van der Waals surface area contributed by atoms with Crippen molar-refractivity contribution in [1.82, 2.24) is 4.98 Å². The lowest BCUT2D eigenvalue weighted by Gasteiger charge is -2.30. The van der Waals surface area contributed by atoms with Crippen molar-refractivity contribution in [2.24, 2.45) is 0 Å². The van der Waals surface area contributed by atoms with Gasteiger partial charge in [-0.2, -0.15) is 0 Å². The van der Waals surface area contributed by atoms with E-state index in [-0.39, 0.29) is 5.41 Å².